The first-order chi connectivity index (χ1) is 11.6. The summed E-state index contributed by atoms with van der Waals surface area (Å²) in [7, 11) is -1.48. The summed E-state index contributed by atoms with van der Waals surface area (Å²) < 4.78 is 0. The summed E-state index contributed by atoms with van der Waals surface area (Å²) in [6.45, 7) is 4.19. The molecule has 2 aromatic carbocycles. The molecule has 2 N–H and O–H groups in total. The van der Waals surface area contributed by atoms with E-state index in [2.05, 4.69) is 43.0 Å². The zero-order chi connectivity index (χ0) is 17.1. The van der Waals surface area contributed by atoms with E-state index in [9.17, 15) is 10.0 Å². The third-order valence-electron chi connectivity index (χ3n) is 4.44. The van der Waals surface area contributed by atoms with Crippen molar-refractivity contribution >= 4 is 18.5 Å². The van der Waals surface area contributed by atoms with Gasteiger partial charge in [-0.25, -0.2) is 0 Å². The third-order valence-corrected chi connectivity index (χ3v) is 4.44. The highest BCUT2D eigenvalue weighted by Gasteiger charge is 2.23. The van der Waals surface area contributed by atoms with Gasteiger partial charge in [-0.1, -0.05) is 61.5 Å². The lowest BCUT2D eigenvalue weighted by Crippen LogP contribution is -2.29. The van der Waals surface area contributed by atoms with Gasteiger partial charge in [-0.2, -0.15) is 0 Å². The fourth-order valence-corrected chi connectivity index (χ4v) is 3.21. The molecule has 0 aliphatic carbocycles. The number of hydrogen-bond donors (Lipinski definition) is 2. The quantitative estimate of drug-likeness (QED) is 0.827. The number of para-hydroxylation sites is 2. The lowest BCUT2D eigenvalue weighted by Gasteiger charge is -2.32. The maximum absolute atomic E-state index is 9.68. The predicted molar refractivity (Wildman–Crippen MR) is 100 cm³/mol. The van der Waals surface area contributed by atoms with Crippen molar-refractivity contribution < 1.29 is 10.0 Å². The molecule has 0 fully saturated rings. The van der Waals surface area contributed by atoms with Crippen molar-refractivity contribution in [3.8, 4) is 0 Å². The number of nitrogens with zero attached hydrogens (tertiary/aromatic N) is 1. The van der Waals surface area contributed by atoms with Crippen molar-refractivity contribution in [1.82, 2.24) is 0 Å². The van der Waals surface area contributed by atoms with Gasteiger partial charge in [0.1, 0.15) is 0 Å². The molecule has 0 bridgehead atoms. The van der Waals surface area contributed by atoms with E-state index in [1.165, 1.54) is 5.56 Å². The molecule has 0 saturated heterocycles. The van der Waals surface area contributed by atoms with E-state index in [4.69, 9.17) is 0 Å². The number of rotatable bonds is 2. The molecule has 4 heteroatoms. The fourth-order valence-electron chi connectivity index (χ4n) is 3.21. The minimum absolute atomic E-state index is 0.0275. The molecule has 24 heavy (non-hydrogen) atoms. The minimum atomic E-state index is -1.48. The monoisotopic (exact) mass is 319 g/mol. The second-order valence-electron chi connectivity index (χ2n) is 6.19. The fraction of sp³-hybridized carbons (Fsp3) is 0.200. The number of benzene rings is 2. The standard InChI is InChI=1S/C20H22BNO2/c1-15-12-13-17(21(23)24)14-16(2)22(18-8-4-3-5-9-18)20-11-7-6-10-19(15)20/h3-16,23-24H,1-2H3/b13-12-,17-14+. The zero-order valence-corrected chi connectivity index (χ0v) is 14.0. The van der Waals surface area contributed by atoms with Crippen molar-refractivity contribution in [1.29, 1.82) is 0 Å². The molecule has 2 aromatic rings. The van der Waals surface area contributed by atoms with E-state index in [0.29, 0.717) is 5.47 Å². The second kappa shape index (κ2) is 7.08. The molecule has 0 saturated carbocycles. The van der Waals surface area contributed by atoms with E-state index in [1.807, 2.05) is 48.6 Å². The summed E-state index contributed by atoms with van der Waals surface area (Å²) in [5.41, 5.74) is 3.95. The first kappa shape index (κ1) is 16.6. The second-order valence-corrected chi connectivity index (χ2v) is 6.19. The highest BCUT2D eigenvalue weighted by molar-refractivity contribution is 6.51. The van der Waals surface area contributed by atoms with Crippen molar-refractivity contribution in [2.24, 2.45) is 0 Å². The van der Waals surface area contributed by atoms with Crippen LogP contribution in [0, 0.1) is 0 Å². The molecule has 0 spiro atoms. The van der Waals surface area contributed by atoms with Gasteiger partial charge in [-0.15, -0.1) is 0 Å². The minimum Gasteiger partial charge on any atom is -0.423 e. The van der Waals surface area contributed by atoms with Crippen LogP contribution in [0.3, 0.4) is 0 Å². The molecule has 0 amide bonds. The first-order valence-corrected chi connectivity index (χ1v) is 8.27. The van der Waals surface area contributed by atoms with Crippen LogP contribution in [-0.4, -0.2) is 23.2 Å². The maximum Gasteiger partial charge on any atom is 0.488 e. The van der Waals surface area contributed by atoms with Crippen molar-refractivity contribution in [3.05, 3.63) is 83.9 Å². The summed E-state index contributed by atoms with van der Waals surface area (Å²) in [5.74, 6) is 0.167. The van der Waals surface area contributed by atoms with Crippen molar-refractivity contribution in [2.45, 2.75) is 25.8 Å². The Morgan fingerprint density at radius 1 is 0.917 bits per heavy atom. The van der Waals surface area contributed by atoms with Crippen LogP contribution in [0.5, 0.6) is 0 Å². The van der Waals surface area contributed by atoms with Gasteiger partial charge in [0, 0.05) is 23.3 Å². The molecule has 0 aromatic heterocycles. The van der Waals surface area contributed by atoms with E-state index in [-0.39, 0.29) is 12.0 Å². The highest BCUT2D eigenvalue weighted by Crippen LogP contribution is 2.36. The van der Waals surface area contributed by atoms with Gasteiger partial charge in [0.15, 0.2) is 0 Å². The van der Waals surface area contributed by atoms with Crippen LogP contribution in [0.4, 0.5) is 11.4 Å². The molecular formula is C20H22BNO2. The summed E-state index contributed by atoms with van der Waals surface area (Å²) >= 11 is 0. The summed E-state index contributed by atoms with van der Waals surface area (Å²) in [6, 6.07) is 18.5. The average Bonchev–Trinajstić information content (AvgIpc) is 2.64. The van der Waals surface area contributed by atoms with Gasteiger partial charge in [0.25, 0.3) is 0 Å². The van der Waals surface area contributed by atoms with Crippen LogP contribution in [-0.2, 0) is 0 Å². The molecule has 3 nitrogen and oxygen atoms in total. The molecule has 1 heterocycles. The van der Waals surface area contributed by atoms with Crippen molar-refractivity contribution in [3.63, 3.8) is 0 Å². The van der Waals surface area contributed by atoms with Gasteiger partial charge in [0.05, 0.1) is 0 Å². The smallest absolute Gasteiger partial charge is 0.423 e. The Kier molecular flexibility index (Phi) is 4.88. The molecule has 2 unspecified atom stereocenters. The topological polar surface area (TPSA) is 43.7 Å². The van der Waals surface area contributed by atoms with Gasteiger partial charge < -0.3 is 14.9 Å². The number of fused-ring (bicyclic) bond motifs is 1. The van der Waals surface area contributed by atoms with Gasteiger partial charge in [0.2, 0.25) is 0 Å². The molecule has 0 radical (unpaired) electrons. The summed E-state index contributed by atoms with van der Waals surface area (Å²) in [6.07, 6.45) is 5.74. The van der Waals surface area contributed by atoms with E-state index >= 15 is 0 Å². The Labute approximate surface area is 143 Å². The highest BCUT2D eigenvalue weighted by atomic mass is 16.4. The Hall–Kier alpha value is -2.30. The van der Waals surface area contributed by atoms with Crippen LogP contribution in [0.1, 0.15) is 25.3 Å². The summed E-state index contributed by atoms with van der Waals surface area (Å²) in [5, 5.41) is 19.4. The van der Waals surface area contributed by atoms with Crippen molar-refractivity contribution in [2.75, 3.05) is 4.90 Å². The number of anilines is 2. The number of hydrogen-bond acceptors (Lipinski definition) is 3. The first-order valence-electron chi connectivity index (χ1n) is 8.27. The van der Waals surface area contributed by atoms with E-state index in [0.717, 1.165) is 11.4 Å². The van der Waals surface area contributed by atoms with E-state index < -0.39 is 7.12 Å². The Bertz CT molecular complexity index is 755. The summed E-state index contributed by atoms with van der Waals surface area (Å²) in [4.78, 5) is 2.24. The lowest BCUT2D eigenvalue weighted by atomic mass is 9.77. The molecule has 122 valence electrons. The molecular weight excluding hydrogens is 297 g/mol. The SMILES string of the molecule is CC1/C=C\C(B(O)O)=C/C(C)N(c2ccccc2)c2ccccc21. The Morgan fingerprint density at radius 3 is 2.29 bits per heavy atom. The maximum atomic E-state index is 9.68. The van der Waals surface area contributed by atoms with E-state index in [1.54, 1.807) is 0 Å². The van der Waals surface area contributed by atoms with Crippen LogP contribution in [0.2, 0.25) is 0 Å². The van der Waals surface area contributed by atoms with Gasteiger partial charge in [-0.3, -0.25) is 0 Å². The van der Waals surface area contributed by atoms with Crippen LogP contribution in [0.25, 0.3) is 0 Å². The normalized spacial score (nSPS) is 24.0. The molecule has 1 aliphatic heterocycles. The largest absolute Gasteiger partial charge is 0.488 e. The van der Waals surface area contributed by atoms with Gasteiger partial charge in [-0.05, 0) is 36.2 Å². The molecule has 2 atom stereocenters. The van der Waals surface area contributed by atoms with Crippen LogP contribution in [0.15, 0.2) is 78.3 Å². The van der Waals surface area contributed by atoms with Crippen LogP contribution >= 0.6 is 0 Å². The Morgan fingerprint density at radius 2 is 1.58 bits per heavy atom. The third kappa shape index (κ3) is 3.30. The zero-order valence-electron chi connectivity index (χ0n) is 14.0. The Balaban J connectivity index is 2.20. The number of allylic oxidation sites excluding steroid dienone is 3. The van der Waals surface area contributed by atoms with Crippen LogP contribution < -0.4 is 4.90 Å². The molecule has 3 rings (SSSR count). The average molecular weight is 319 g/mol. The molecule has 1 aliphatic rings. The lowest BCUT2D eigenvalue weighted by molar-refractivity contribution is 0.420. The van der Waals surface area contributed by atoms with Gasteiger partial charge >= 0.3 is 7.12 Å². The predicted octanol–water partition coefficient (Wildman–Crippen LogP) is 3.82.